The van der Waals surface area contributed by atoms with Gasteiger partial charge in [-0.1, -0.05) is 29.8 Å². The molecule has 0 radical (unpaired) electrons. The zero-order valence-electron chi connectivity index (χ0n) is 9.37. The van der Waals surface area contributed by atoms with Crippen LogP contribution in [0.2, 0.25) is 0 Å². The average molecular weight is 316 g/mol. The van der Waals surface area contributed by atoms with Crippen molar-refractivity contribution in [3.05, 3.63) is 0 Å². The second-order valence-corrected chi connectivity index (χ2v) is 4.60. The van der Waals surface area contributed by atoms with Gasteiger partial charge in [0.25, 0.3) is 0 Å². The molecule has 0 spiro atoms. The van der Waals surface area contributed by atoms with Crippen molar-refractivity contribution in [2.45, 2.75) is 26.4 Å². The highest BCUT2D eigenvalue weighted by molar-refractivity contribution is 9.09. The van der Waals surface area contributed by atoms with Crippen LogP contribution in [0.5, 0.6) is 0 Å². The van der Waals surface area contributed by atoms with Crippen LogP contribution in [0.15, 0.2) is 0 Å². The molecule has 94 valence electrons. The van der Waals surface area contributed by atoms with E-state index in [1.807, 2.05) is 13.8 Å². The minimum atomic E-state index is -0.539. The van der Waals surface area contributed by atoms with Crippen molar-refractivity contribution in [3.8, 4) is 0 Å². The van der Waals surface area contributed by atoms with Crippen LogP contribution in [0.25, 0.3) is 0 Å². The predicted octanol–water partition coefficient (Wildman–Crippen LogP) is 2.12. The van der Waals surface area contributed by atoms with Crippen molar-refractivity contribution in [2.75, 3.05) is 17.8 Å². The normalized spacial score (nSPS) is 12.3. The summed E-state index contributed by atoms with van der Waals surface area (Å²) in [6.45, 7) is 4.27. The Bertz CT molecular complexity index is 233. The lowest BCUT2D eigenvalue weighted by Gasteiger charge is -2.14. The molecule has 0 aliphatic carbocycles. The SMILES string of the molecule is CC(C)COC(=O)CC(CBr)OC(=O)CCl. The summed E-state index contributed by atoms with van der Waals surface area (Å²) < 4.78 is 9.87. The zero-order valence-corrected chi connectivity index (χ0v) is 11.7. The monoisotopic (exact) mass is 314 g/mol. The van der Waals surface area contributed by atoms with Gasteiger partial charge in [0, 0.05) is 5.33 Å². The predicted molar refractivity (Wildman–Crippen MR) is 64.8 cm³/mol. The van der Waals surface area contributed by atoms with Crippen LogP contribution in [0.4, 0.5) is 0 Å². The molecule has 16 heavy (non-hydrogen) atoms. The number of alkyl halides is 2. The number of esters is 2. The fraction of sp³-hybridized carbons (Fsp3) is 0.800. The Morgan fingerprint density at radius 2 is 1.94 bits per heavy atom. The van der Waals surface area contributed by atoms with Crippen molar-refractivity contribution in [1.82, 2.24) is 0 Å². The molecule has 4 nitrogen and oxygen atoms in total. The largest absolute Gasteiger partial charge is 0.465 e. The van der Waals surface area contributed by atoms with Crippen LogP contribution in [0, 0.1) is 5.92 Å². The van der Waals surface area contributed by atoms with Gasteiger partial charge in [-0.25, -0.2) is 0 Å². The number of carbonyl (C=O) groups excluding carboxylic acids is 2. The summed E-state index contributed by atoms with van der Waals surface area (Å²) in [7, 11) is 0. The van der Waals surface area contributed by atoms with Crippen molar-refractivity contribution < 1.29 is 19.1 Å². The Kier molecular flexibility index (Phi) is 8.66. The van der Waals surface area contributed by atoms with Crippen LogP contribution in [-0.4, -0.2) is 35.9 Å². The van der Waals surface area contributed by atoms with E-state index in [2.05, 4.69) is 15.9 Å². The number of hydrogen-bond acceptors (Lipinski definition) is 4. The Morgan fingerprint density at radius 3 is 2.38 bits per heavy atom. The smallest absolute Gasteiger partial charge is 0.321 e. The molecule has 0 rings (SSSR count). The molecule has 0 heterocycles. The van der Waals surface area contributed by atoms with E-state index in [0.717, 1.165) is 0 Å². The molecule has 6 heteroatoms. The van der Waals surface area contributed by atoms with Gasteiger partial charge in [0.15, 0.2) is 0 Å². The first-order valence-electron chi connectivity index (χ1n) is 4.96. The molecule has 1 atom stereocenters. The van der Waals surface area contributed by atoms with Crippen LogP contribution < -0.4 is 0 Å². The summed E-state index contributed by atoms with van der Waals surface area (Å²) in [6.07, 6.45) is -0.480. The Labute approximate surface area is 109 Å². The second kappa shape index (κ2) is 8.82. The summed E-state index contributed by atoms with van der Waals surface area (Å²) in [4.78, 5) is 22.2. The molecule has 0 bridgehead atoms. The molecule has 0 aromatic carbocycles. The maximum absolute atomic E-state index is 11.3. The standard InChI is InChI=1S/C10H16BrClO4/c1-7(2)6-15-9(13)3-8(4-11)16-10(14)5-12/h7-8H,3-6H2,1-2H3. The van der Waals surface area contributed by atoms with E-state index >= 15 is 0 Å². The first-order chi connectivity index (χ1) is 7.49. The van der Waals surface area contributed by atoms with Gasteiger partial charge in [-0.3, -0.25) is 9.59 Å². The third kappa shape index (κ3) is 7.93. The number of halogens is 2. The van der Waals surface area contributed by atoms with Gasteiger partial charge in [-0.05, 0) is 5.92 Å². The lowest BCUT2D eigenvalue weighted by atomic mass is 10.2. The second-order valence-electron chi connectivity index (χ2n) is 3.68. The Hall–Kier alpha value is -0.290. The van der Waals surface area contributed by atoms with Crippen LogP contribution in [-0.2, 0) is 19.1 Å². The van der Waals surface area contributed by atoms with Gasteiger partial charge >= 0.3 is 11.9 Å². The summed E-state index contributed by atoms with van der Waals surface area (Å²) in [5.74, 6) is -0.843. The lowest BCUT2D eigenvalue weighted by Crippen LogP contribution is -2.25. The highest BCUT2D eigenvalue weighted by Crippen LogP contribution is 2.06. The summed E-state index contributed by atoms with van der Waals surface area (Å²) in [6, 6.07) is 0. The number of carbonyl (C=O) groups is 2. The molecule has 0 aliphatic heterocycles. The van der Waals surface area contributed by atoms with Gasteiger partial charge in [0.1, 0.15) is 12.0 Å². The third-order valence-corrected chi connectivity index (χ3v) is 2.49. The van der Waals surface area contributed by atoms with E-state index in [1.165, 1.54) is 0 Å². The number of ether oxygens (including phenoxy) is 2. The highest BCUT2D eigenvalue weighted by atomic mass is 79.9. The van der Waals surface area contributed by atoms with E-state index in [4.69, 9.17) is 21.1 Å². The van der Waals surface area contributed by atoms with Gasteiger partial charge < -0.3 is 9.47 Å². The minimum Gasteiger partial charge on any atom is -0.465 e. The maximum atomic E-state index is 11.3. The molecule has 0 aromatic heterocycles. The fourth-order valence-corrected chi connectivity index (χ4v) is 1.27. The van der Waals surface area contributed by atoms with Crippen molar-refractivity contribution >= 4 is 39.5 Å². The van der Waals surface area contributed by atoms with E-state index in [9.17, 15) is 9.59 Å². The van der Waals surface area contributed by atoms with Crippen molar-refractivity contribution in [1.29, 1.82) is 0 Å². The first-order valence-corrected chi connectivity index (χ1v) is 6.62. The molecule has 1 unspecified atom stereocenters. The van der Waals surface area contributed by atoms with Gasteiger partial charge in [0.05, 0.1) is 13.0 Å². The fourth-order valence-electron chi connectivity index (χ4n) is 0.850. The zero-order chi connectivity index (χ0) is 12.6. The molecule has 0 aromatic rings. The van der Waals surface area contributed by atoms with Gasteiger partial charge in [-0.15, -0.1) is 11.6 Å². The summed E-state index contributed by atoms with van der Waals surface area (Å²) in [5, 5.41) is 0.381. The summed E-state index contributed by atoms with van der Waals surface area (Å²) in [5.41, 5.74) is 0. The number of rotatable bonds is 7. The third-order valence-electron chi connectivity index (χ3n) is 1.55. The maximum Gasteiger partial charge on any atom is 0.321 e. The first kappa shape index (κ1) is 15.7. The van der Waals surface area contributed by atoms with Crippen LogP contribution in [0.3, 0.4) is 0 Å². The minimum absolute atomic E-state index is 0.0423. The molecule has 0 fully saturated rings. The molecule has 0 saturated carbocycles. The van der Waals surface area contributed by atoms with E-state index in [1.54, 1.807) is 0 Å². The lowest BCUT2D eigenvalue weighted by molar-refractivity contribution is -0.152. The van der Waals surface area contributed by atoms with E-state index in [0.29, 0.717) is 11.9 Å². The molecule has 0 amide bonds. The molecule has 0 N–H and O–H groups in total. The highest BCUT2D eigenvalue weighted by Gasteiger charge is 2.18. The topological polar surface area (TPSA) is 52.6 Å². The van der Waals surface area contributed by atoms with Crippen molar-refractivity contribution in [2.24, 2.45) is 5.92 Å². The summed E-state index contributed by atoms with van der Waals surface area (Å²) >= 11 is 8.44. The Balaban J connectivity index is 3.92. The van der Waals surface area contributed by atoms with Crippen molar-refractivity contribution in [3.63, 3.8) is 0 Å². The van der Waals surface area contributed by atoms with Gasteiger partial charge in [0.2, 0.25) is 0 Å². The Morgan fingerprint density at radius 1 is 1.31 bits per heavy atom. The van der Waals surface area contributed by atoms with Gasteiger partial charge in [-0.2, -0.15) is 0 Å². The van der Waals surface area contributed by atoms with E-state index in [-0.39, 0.29) is 24.2 Å². The van der Waals surface area contributed by atoms with Crippen LogP contribution >= 0.6 is 27.5 Å². The molecular formula is C10H16BrClO4. The van der Waals surface area contributed by atoms with E-state index < -0.39 is 12.1 Å². The molecular weight excluding hydrogens is 299 g/mol. The molecule has 0 saturated heterocycles. The number of hydrogen-bond donors (Lipinski definition) is 0. The van der Waals surface area contributed by atoms with Crippen LogP contribution in [0.1, 0.15) is 20.3 Å². The quantitative estimate of drug-likeness (QED) is 0.533. The average Bonchev–Trinajstić information content (AvgIpc) is 2.25. The molecule has 0 aliphatic rings.